The Bertz CT molecular complexity index is 147. The average molecular weight is 174 g/mol. The number of hydrogen-bond donors (Lipinski definition) is 1. The van der Waals surface area contributed by atoms with Crippen molar-refractivity contribution in [3.05, 3.63) is 0 Å². The van der Waals surface area contributed by atoms with Gasteiger partial charge < -0.3 is 14.6 Å². The van der Waals surface area contributed by atoms with Gasteiger partial charge in [0.15, 0.2) is 5.79 Å². The first-order valence-corrected chi connectivity index (χ1v) is 4.48. The lowest BCUT2D eigenvalue weighted by Gasteiger charge is -2.24. The monoisotopic (exact) mass is 174 g/mol. The predicted octanol–water partition coefficient (Wildman–Crippen LogP) is 1.16. The van der Waals surface area contributed by atoms with E-state index in [0.717, 1.165) is 6.42 Å². The average Bonchev–Trinajstić information content (AvgIpc) is 2.30. The number of ether oxygens (including phenoxy) is 2. The van der Waals surface area contributed by atoms with Crippen molar-refractivity contribution in [2.45, 2.75) is 39.1 Å². The normalized spacial score (nSPS) is 36.2. The van der Waals surface area contributed by atoms with E-state index in [1.807, 2.05) is 6.92 Å². The van der Waals surface area contributed by atoms with E-state index >= 15 is 0 Å². The van der Waals surface area contributed by atoms with Crippen molar-refractivity contribution in [1.29, 1.82) is 0 Å². The highest BCUT2D eigenvalue weighted by atomic mass is 16.7. The maximum absolute atomic E-state index is 8.83. The van der Waals surface area contributed by atoms with Gasteiger partial charge in [0.2, 0.25) is 0 Å². The van der Waals surface area contributed by atoms with Crippen molar-refractivity contribution in [2.24, 2.45) is 5.92 Å². The second-order valence-electron chi connectivity index (χ2n) is 3.97. The standard InChI is InChI=1S/C9H18O3/c1-7(2)4-9(3)11-6-8(5-10)12-9/h7-8,10H,4-6H2,1-3H3/t8-,9+/m0/s1. The Labute approximate surface area is 73.7 Å². The number of rotatable bonds is 3. The minimum atomic E-state index is -0.471. The fourth-order valence-electron chi connectivity index (χ4n) is 1.63. The van der Waals surface area contributed by atoms with Crippen molar-refractivity contribution in [3.63, 3.8) is 0 Å². The molecule has 0 aromatic rings. The summed E-state index contributed by atoms with van der Waals surface area (Å²) in [6, 6.07) is 0. The van der Waals surface area contributed by atoms with Crippen molar-refractivity contribution in [1.82, 2.24) is 0 Å². The Kier molecular flexibility index (Phi) is 3.09. The third-order valence-electron chi connectivity index (χ3n) is 1.97. The van der Waals surface area contributed by atoms with E-state index in [1.54, 1.807) is 0 Å². The van der Waals surface area contributed by atoms with Crippen LogP contribution in [0.15, 0.2) is 0 Å². The third kappa shape index (κ3) is 2.44. The van der Waals surface area contributed by atoms with Crippen molar-refractivity contribution in [3.8, 4) is 0 Å². The van der Waals surface area contributed by atoms with Gasteiger partial charge in [-0.2, -0.15) is 0 Å². The van der Waals surface area contributed by atoms with Gasteiger partial charge in [-0.15, -0.1) is 0 Å². The molecular formula is C9H18O3. The van der Waals surface area contributed by atoms with E-state index in [2.05, 4.69) is 13.8 Å². The summed E-state index contributed by atoms with van der Waals surface area (Å²) in [5, 5.41) is 8.83. The molecule has 0 radical (unpaired) electrons. The highest BCUT2D eigenvalue weighted by Gasteiger charge is 2.37. The fraction of sp³-hybridized carbons (Fsp3) is 1.00. The maximum Gasteiger partial charge on any atom is 0.166 e. The highest BCUT2D eigenvalue weighted by Crippen LogP contribution is 2.29. The first-order valence-electron chi connectivity index (χ1n) is 4.48. The minimum Gasteiger partial charge on any atom is -0.394 e. The molecule has 1 fully saturated rings. The SMILES string of the molecule is CC(C)C[C@]1(C)OC[C@H](CO)O1. The molecule has 1 aliphatic heterocycles. The summed E-state index contributed by atoms with van der Waals surface area (Å²) in [5.74, 6) is 0.0779. The first-order chi connectivity index (χ1) is 5.56. The molecule has 0 saturated carbocycles. The molecule has 72 valence electrons. The number of hydrogen-bond acceptors (Lipinski definition) is 3. The summed E-state index contributed by atoms with van der Waals surface area (Å²) >= 11 is 0. The largest absolute Gasteiger partial charge is 0.394 e. The van der Waals surface area contributed by atoms with Crippen LogP contribution in [-0.2, 0) is 9.47 Å². The smallest absolute Gasteiger partial charge is 0.166 e. The third-order valence-corrected chi connectivity index (χ3v) is 1.97. The molecule has 3 nitrogen and oxygen atoms in total. The topological polar surface area (TPSA) is 38.7 Å². The zero-order valence-corrected chi connectivity index (χ0v) is 8.04. The maximum atomic E-state index is 8.83. The van der Waals surface area contributed by atoms with Crippen LogP contribution in [-0.4, -0.2) is 30.2 Å². The molecule has 0 spiro atoms. The molecule has 0 aliphatic carbocycles. The first kappa shape index (κ1) is 9.96. The molecule has 0 aromatic heterocycles. The van der Waals surface area contributed by atoms with Crippen LogP contribution >= 0.6 is 0 Å². The van der Waals surface area contributed by atoms with Crippen LogP contribution in [0.3, 0.4) is 0 Å². The quantitative estimate of drug-likeness (QED) is 0.697. The molecule has 0 aromatic carbocycles. The van der Waals surface area contributed by atoms with Crippen molar-refractivity contribution < 1.29 is 14.6 Å². The van der Waals surface area contributed by atoms with E-state index in [0.29, 0.717) is 12.5 Å². The van der Waals surface area contributed by atoms with Crippen molar-refractivity contribution in [2.75, 3.05) is 13.2 Å². The lowest BCUT2D eigenvalue weighted by Crippen LogP contribution is -2.29. The molecule has 12 heavy (non-hydrogen) atoms. The molecule has 1 saturated heterocycles. The minimum absolute atomic E-state index is 0.0493. The number of aliphatic hydroxyl groups is 1. The van der Waals surface area contributed by atoms with Gasteiger partial charge in [0, 0.05) is 6.42 Å². The molecule has 0 bridgehead atoms. The molecule has 3 heteroatoms. The van der Waals surface area contributed by atoms with E-state index in [4.69, 9.17) is 14.6 Å². The van der Waals surface area contributed by atoms with Crippen LogP contribution in [0.2, 0.25) is 0 Å². The van der Waals surface area contributed by atoms with Gasteiger partial charge >= 0.3 is 0 Å². The van der Waals surface area contributed by atoms with Crippen LogP contribution in [0.25, 0.3) is 0 Å². The zero-order chi connectivity index (χ0) is 9.19. The summed E-state index contributed by atoms with van der Waals surface area (Å²) in [4.78, 5) is 0. The van der Waals surface area contributed by atoms with Crippen LogP contribution in [0.1, 0.15) is 27.2 Å². The van der Waals surface area contributed by atoms with E-state index in [9.17, 15) is 0 Å². The van der Waals surface area contributed by atoms with Gasteiger partial charge in [0.1, 0.15) is 6.10 Å². The Morgan fingerprint density at radius 3 is 2.67 bits per heavy atom. The van der Waals surface area contributed by atoms with E-state index < -0.39 is 5.79 Å². The molecule has 0 unspecified atom stereocenters. The van der Waals surface area contributed by atoms with E-state index in [1.165, 1.54) is 0 Å². The van der Waals surface area contributed by atoms with Gasteiger partial charge in [0.25, 0.3) is 0 Å². The molecule has 1 N–H and O–H groups in total. The lowest BCUT2D eigenvalue weighted by molar-refractivity contribution is -0.167. The number of aliphatic hydroxyl groups excluding tert-OH is 1. The molecule has 1 heterocycles. The van der Waals surface area contributed by atoms with Gasteiger partial charge in [-0.1, -0.05) is 13.8 Å². The molecule has 0 amide bonds. The van der Waals surface area contributed by atoms with Crippen molar-refractivity contribution >= 4 is 0 Å². The van der Waals surface area contributed by atoms with E-state index in [-0.39, 0.29) is 12.7 Å². The van der Waals surface area contributed by atoms with Crippen LogP contribution in [0.4, 0.5) is 0 Å². The summed E-state index contributed by atoms with van der Waals surface area (Å²) < 4.78 is 11.0. The molecular weight excluding hydrogens is 156 g/mol. The van der Waals surface area contributed by atoms with Gasteiger partial charge in [-0.05, 0) is 12.8 Å². The Hall–Kier alpha value is -0.120. The Morgan fingerprint density at radius 2 is 2.25 bits per heavy atom. The Morgan fingerprint density at radius 1 is 1.58 bits per heavy atom. The summed E-state index contributed by atoms with van der Waals surface area (Å²) in [5.41, 5.74) is 0. The Balaban J connectivity index is 2.41. The summed E-state index contributed by atoms with van der Waals surface area (Å²) in [7, 11) is 0. The zero-order valence-electron chi connectivity index (χ0n) is 8.04. The van der Waals surface area contributed by atoms with Crippen LogP contribution < -0.4 is 0 Å². The lowest BCUT2D eigenvalue weighted by atomic mass is 10.0. The van der Waals surface area contributed by atoms with Crippen LogP contribution in [0.5, 0.6) is 0 Å². The van der Waals surface area contributed by atoms with Gasteiger partial charge in [0.05, 0.1) is 13.2 Å². The van der Waals surface area contributed by atoms with Crippen LogP contribution in [0, 0.1) is 5.92 Å². The second-order valence-corrected chi connectivity index (χ2v) is 3.97. The van der Waals surface area contributed by atoms with Gasteiger partial charge in [-0.25, -0.2) is 0 Å². The molecule has 2 atom stereocenters. The fourth-order valence-corrected chi connectivity index (χ4v) is 1.63. The van der Waals surface area contributed by atoms with Gasteiger partial charge in [-0.3, -0.25) is 0 Å². The highest BCUT2D eigenvalue weighted by molar-refractivity contribution is 4.75. The molecule has 1 rings (SSSR count). The summed E-state index contributed by atoms with van der Waals surface area (Å²) in [6.07, 6.45) is 0.748. The molecule has 1 aliphatic rings. The summed E-state index contributed by atoms with van der Waals surface area (Å²) in [6.45, 7) is 6.75. The second kappa shape index (κ2) is 3.73. The predicted molar refractivity (Wildman–Crippen MR) is 45.8 cm³/mol.